The van der Waals surface area contributed by atoms with Gasteiger partial charge in [0.15, 0.2) is 11.6 Å². The van der Waals surface area contributed by atoms with Crippen LogP contribution in [0.25, 0.3) is 0 Å². The Hall–Kier alpha value is -2.96. The lowest BCUT2D eigenvalue weighted by molar-refractivity contribution is -0.384. The predicted molar refractivity (Wildman–Crippen MR) is 83.0 cm³/mol. The number of amides is 1. The Morgan fingerprint density at radius 2 is 1.96 bits per heavy atom. The lowest BCUT2D eigenvalue weighted by Gasteiger charge is -2.07. The number of hydrogen-bond donors (Lipinski definition) is 1. The summed E-state index contributed by atoms with van der Waals surface area (Å²) in [6, 6.07) is 10.1. The van der Waals surface area contributed by atoms with Crippen LogP contribution in [-0.2, 0) is 11.2 Å². The van der Waals surface area contributed by atoms with Gasteiger partial charge < -0.3 is 10.1 Å². The number of carbonyl (C=O) groups is 1. The monoisotopic (exact) mass is 318 g/mol. The number of methoxy groups -OCH3 is 1. The number of non-ortho nitro benzene ring substituents is 1. The van der Waals surface area contributed by atoms with Crippen molar-refractivity contribution in [2.24, 2.45) is 0 Å². The maximum Gasteiger partial charge on any atom is 0.269 e. The molecule has 1 N–H and O–H groups in total. The average Bonchev–Trinajstić information content (AvgIpc) is 2.53. The van der Waals surface area contributed by atoms with Gasteiger partial charge in [-0.3, -0.25) is 14.9 Å². The Balaban J connectivity index is 1.89. The Labute approximate surface area is 132 Å². The molecule has 2 aromatic carbocycles. The largest absolute Gasteiger partial charge is 0.494 e. The number of nitrogens with one attached hydrogen (secondary N) is 1. The van der Waals surface area contributed by atoms with E-state index in [4.69, 9.17) is 4.74 Å². The maximum atomic E-state index is 13.5. The second kappa shape index (κ2) is 7.35. The Kier molecular flexibility index (Phi) is 5.24. The van der Waals surface area contributed by atoms with Gasteiger partial charge in [-0.05, 0) is 36.2 Å². The first-order valence-corrected chi connectivity index (χ1v) is 6.86. The topological polar surface area (TPSA) is 81.5 Å². The normalized spacial score (nSPS) is 10.2. The third kappa shape index (κ3) is 4.50. The molecule has 0 bridgehead atoms. The molecule has 2 aromatic rings. The van der Waals surface area contributed by atoms with Gasteiger partial charge in [-0.1, -0.05) is 6.07 Å². The zero-order valence-corrected chi connectivity index (χ0v) is 12.4. The number of ether oxygens (including phenoxy) is 1. The van der Waals surface area contributed by atoms with Crippen molar-refractivity contribution < 1.29 is 18.8 Å². The Bertz CT molecular complexity index is 717. The van der Waals surface area contributed by atoms with E-state index in [-0.39, 0.29) is 23.8 Å². The number of anilines is 1. The summed E-state index contributed by atoms with van der Waals surface area (Å²) in [5, 5.41) is 13.2. The lowest BCUT2D eigenvalue weighted by Crippen LogP contribution is -2.12. The van der Waals surface area contributed by atoms with E-state index in [0.29, 0.717) is 17.7 Å². The fourth-order valence-electron chi connectivity index (χ4n) is 2.01. The van der Waals surface area contributed by atoms with Crippen molar-refractivity contribution in [1.82, 2.24) is 0 Å². The number of nitro groups is 1. The summed E-state index contributed by atoms with van der Waals surface area (Å²) in [4.78, 5) is 21.9. The van der Waals surface area contributed by atoms with Crippen molar-refractivity contribution in [2.45, 2.75) is 12.8 Å². The second-order valence-electron chi connectivity index (χ2n) is 4.82. The quantitative estimate of drug-likeness (QED) is 0.654. The van der Waals surface area contributed by atoms with Crippen LogP contribution >= 0.6 is 0 Å². The molecule has 0 radical (unpaired) electrons. The number of benzene rings is 2. The Morgan fingerprint density at radius 1 is 1.26 bits per heavy atom. The zero-order valence-electron chi connectivity index (χ0n) is 12.4. The molecule has 0 saturated heterocycles. The van der Waals surface area contributed by atoms with E-state index in [1.54, 1.807) is 6.07 Å². The highest BCUT2D eigenvalue weighted by atomic mass is 19.1. The summed E-state index contributed by atoms with van der Waals surface area (Å²) in [5.41, 5.74) is 1.11. The summed E-state index contributed by atoms with van der Waals surface area (Å²) in [7, 11) is 1.38. The van der Waals surface area contributed by atoms with Crippen LogP contribution in [0.4, 0.5) is 15.8 Å². The van der Waals surface area contributed by atoms with Crippen LogP contribution in [0.5, 0.6) is 5.75 Å². The smallest absolute Gasteiger partial charge is 0.269 e. The standard InChI is InChI=1S/C16H15FN2O4/c1-23-15-8-2-11(10-14(15)17)3-9-16(20)18-12-4-6-13(7-5-12)19(21)22/h2,4-8,10H,3,9H2,1H3,(H,18,20). The first kappa shape index (κ1) is 16.4. The molecule has 23 heavy (non-hydrogen) atoms. The van der Waals surface area contributed by atoms with Crippen LogP contribution in [0.2, 0.25) is 0 Å². The van der Waals surface area contributed by atoms with Gasteiger partial charge in [0, 0.05) is 24.2 Å². The van der Waals surface area contributed by atoms with Crippen LogP contribution in [-0.4, -0.2) is 17.9 Å². The van der Waals surface area contributed by atoms with Gasteiger partial charge in [0.25, 0.3) is 5.69 Å². The SMILES string of the molecule is COc1ccc(CCC(=O)Nc2ccc([N+](=O)[O-])cc2)cc1F. The molecule has 0 fully saturated rings. The number of hydrogen-bond acceptors (Lipinski definition) is 4. The van der Waals surface area contributed by atoms with Crippen LogP contribution in [0.1, 0.15) is 12.0 Å². The molecule has 1 amide bonds. The molecular formula is C16H15FN2O4. The van der Waals surface area contributed by atoms with Gasteiger partial charge in [-0.25, -0.2) is 4.39 Å². The van der Waals surface area contributed by atoms with Crippen LogP contribution in [0.15, 0.2) is 42.5 Å². The van der Waals surface area contributed by atoms with E-state index < -0.39 is 10.7 Å². The molecule has 0 heterocycles. The molecule has 2 rings (SSSR count). The van der Waals surface area contributed by atoms with Crippen molar-refractivity contribution in [3.8, 4) is 5.75 Å². The molecule has 0 atom stereocenters. The van der Waals surface area contributed by atoms with Crippen molar-refractivity contribution in [3.05, 3.63) is 64.0 Å². The predicted octanol–water partition coefficient (Wildman–Crippen LogP) is 3.31. The molecule has 0 aliphatic rings. The highest BCUT2D eigenvalue weighted by Gasteiger charge is 2.08. The third-order valence-electron chi connectivity index (χ3n) is 3.22. The summed E-state index contributed by atoms with van der Waals surface area (Å²) in [5.74, 6) is -0.570. The minimum atomic E-state index is -0.510. The number of carbonyl (C=O) groups excluding carboxylic acids is 1. The molecule has 7 heteroatoms. The highest BCUT2D eigenvalue weighted by Crippen LogP contribution is 2.19. The summed E-state index contributed by atoms with van der Waals surface area (Å²) in [6.07, 6.45) is 0.544. The number of nitro benzene ring substituents is 1. The van der Waals surface area contributed by atoms with E-state index in [0.717, 1.165) is 0 Å². The van der Waals surface area contributed by atoms with E-state index in [9.17, 15) is 19.3 Å². The summed E-state index contributed by atoms with van der Waals surface area (Å²) < 4.78 is 18.4. The molecule has 0 saturated carbocycles. The van der Waals surface area contributed by atoms with Gasteiger partial charge in [-0.2, -0.15) is 0 Å². The van der Waals surface area contributed by atoms with Gasteiger partial charge >= 0.3 is 0 Å². The molecule has 120 valence electrons. The summed E-state index contributed by atoms with van der Waals surface area (Å²) >= 11 is 0. The van der Waals surface area contributed by atoms with Crippen molar-refractivity contribution in [2.75, 3.05) is 12.4 Å². The number of halogens is 1. The van der Waals surface area contributed by atoms with E-state index in [1.165, 1.54) is 43.5 Å². The van der Waals surface area contributed by atoms with E-state index in [1.807, 2.05) is 0 Å². The minimum Gasteiger partial charge on any atom is -0.494 e. The molecule has 0 aromatic heterocycles. The first-order chi connectivity index (χ1) is 11.0. The van der Waals surface area contributed by atoms with Crippen LogP contribution < -0.4 is 10.1 Å². The zero-order chi connectivity index (χ0) is 16.8. The number of aryl methyl sites for hydroxylation is 1. The fourth-order valence-corrected chi connectivity index (χ4v) is 2.01. The molecule has 6 nitrogen and oxygen atoms in total. The van der Waals surface area contributed by atoms with Gasteiger partial charge in [0.2, 0.25) is 5.91 Å². The molecule has 0 spiro atoms. The minimum absolute atomic E-state index is 0.0447. The van der Waals surface area contributed by atoms with Gasteiger partial charge in [0.1, 0.15) is 0 Å². The van der Waals surface area contributed by atoms with Gasteiger partial charge in [0.05, 0.1) is 12.0 Å². The van der Waals surface area contributed by atoms with Crippen LogP contribution in [0, 0.1) is 15.9 Å². The van der Waals surface area contributed by atoms with Crippen molar-refractivity contribution in [3.63, 3.8) is 0 Å². The van der Waals surface area contributed by atoms with Crippen molar-refractivity contribution in [1.29, 1.82) is 0 Å². The molecular weight excluding hydrogens is 303 g/mol. The number of nitrogens with zero attached hydrogens (tertiary/aromatic N) is 1. The maximum absolute atomic E-state index is 13.5. The fraction of sp³-hybridized carbons (Fsp3) is 0.188. The molecule has 0 unspecified atom stereocenters. The Morgan fingerprint density at radius 3 is 2.52 bits per heavy atom. The molecule has 0 aliphatic carbocycles. The second-order valence-corrected chi connectivity index (χ2v) is 4.82. The van der Waals surface area contributed by atoms with E-state index >= 15 is 0 Å². The lowest BCUT2D eigenvalue weighted by atomic mass is 10.1. The van der Waals surface area contributed by atoms with Gasteiger partial charge in [-0.15, -0.1) is 0 Å². The van der Waals surface area contributed by atoms with E-state index in [2.05, 4.69) is 5.32 Å². The first-order valence-electron chi connectivity index (χ1n) is 6.86. The highest BCUT2D eigenvalue weighted by molar-refractivity contribution is 5.90. The number of rotatable bonds is 6. The third-order valence-corrected chi connectivity index (χ3v) is 3.22. The van der Waals surface area contributed by atoms with Crippen molar-refractivity contribution >= 4 is 17.3 Å². The molecule has 0 aliphatic heterocycles. The average molecular weight is 318 g/mol. The van der Waals surface area contributed by atoms with Crippen LogP contribution in [0.3, 0.4) is 0 Å². The summed E-state index contributed by atoms with van der Waals surface area (Å²) in [6.45, 7) is 0.